The summed E-state index contributed by atoms with van der Waals surface area (Å²) in [6.45, 7) is 1.77. The van der Waals surface area contributed by atoms with Gasteiger partial charge in [-0.3, -0.25) is 14.9 Å². The highest BCUT2D eigenvalue weighted by molar-refractivity contribution is 7.20. The second-order valence-corrected chi connectivity index (χ2v) is 6.96. The number of non-ortho nitro benzene ring substituents is 1. The molecule has 140 valence electrons. The lowest BCUT2D eigenvalue weighted by molar-refractivity contribution is -0.384. The molecule has 2 aromatic carbocycles. The van der Waals surface area contributed by atoms with Crippen LogP contribution >= 0.6 is 11.3 Å². The van der Waals surface area contributed by atoms with Crippen LogP contribution in [0.25, 0.3) is 15.3 Å². The van der Waals surface area contributed by atoms with Gasteiger partial charge in [0.05, 0.1) is 20.8 Å². The molecule has 0 bridgehead atoms. The molecule has 1 N–H and O–H groups in total. The number of nitro groups is 1. The third-order valence-corrected chi connectivity index (χ3v) is 4.93. The van der Waals surface area contributed by atoms with Gasteiger partial charge in [0, 0.05) is 23.8 Å². The zero-order valence-electron chi connectivity index (χ0n) is 14.4. The van der Waals surface area contributed by atoms with Crippen LogP contribution in [0.4, 0.5) is 15.9 Å². The number of thiazole rings is 1. The first-order chi connectivity index (χ1) is 13.4. The maximum Gasteiger partial charge on any atom is 0.269 e. The van der Waals surface area contributed by atoms with Gasteiger partial charge in [0.15, 0.2) is 0 Å². The van der Waals surface area contributed by atoms with Crippen LogP contribution in [0.1, 0.15) is 16.1 Å². The number of nitrogens with zero attached hydrogens (tertiary/aromatic N) is 4. The second kappa shape index (κ2) is 6.82. The van der Waals surface area contributed by atoms with E-state index in [1.165, 1.54) is 52.4 Å². The number of nitrogens with one attached hydrogen (secondary N) is 1. The Bertz CT molecular complexity index is 1220. The van der Waals surface area contributed by atoms with Crippen molar-refractivity contribution in [3.63, 3.8) is 0 Å². The lowest BCUT2D eigenvalue weighted by atomic mass is 10.2. The number of benzene rings is 2. The van der Waals surface area contributed by atoms with Crippen LogP contribution in [0.15, 0.2) is 48.5 Å². The van der Waals surface area contributed by atoms with E-state index in [1.807, 2.05) is 0 Å². The van der Waals surface area contributed by atoms with Gasteiger partial charge in [0.25, 0.3) is 11.6 Å². The standard InChI is InChI=1S/C18H12FN5O3S/c1-10-8-16(21-17(25)11-2-5-13(6-3-11)24(26)27)23(22-10)18-20-14-7-4-12(19)9-15(14)28-18/h2-9H,1H3,(H,21,25). The predicted octanol–water partition coefficient (Wildman–Crippen LogP) is 4.09. The number of halogens is 1. The molecule has 28 heavy (non-hydrogen) atoms. The van der Waals surface area contributed by atoms with E-state index in [1.54, 1.807) is 19.1 Å². The fourth-order valence-corrected chi connectivity index (χ4v) is 3.59. The van der Waals surface area contributed by atoms with Gasteiger partial charge >= 0.3 is 0 Å². The maximum absolute atomic E-state index is 13.4. The zero-order chi connectivity index (χ0) is 19.8. The van der Waals surface area contributed by atoms with Crippen LogP contribution < -0.4 is 5.32 Å². The maximum atomic E-state index is 13.4. The molecule has 0 aliphatic rings. The first-order valence-electron chi connectivity index (χ1n) is 8.09. The summed E-state index contributed by atoms with van der Waals surface area (Å²) < 4.78 is 15.6. The smallest absolute Gasteiger partial charge is 0.269 e. The van der Waals surface area contributed by atoms with Crippen LogP contribution in [-0.2, 0) is 0 Å². The molecule has 0 aliphatic carbocycles. The molecule has 0 fully saturated rings. The first kappa shape index (κ1) is 17.7. The number of hydrogen-bond donors (Lipinski definition) is 1. The molecule has 4 rings (SSSR count). The van der Waals surface area contributed by atoms with Gasteiger partial charge in [-0.25, -0.2) is 9.37 Å². The van der Waals surface area contributed by atoms with Crippen molar-refractivity contribution in [2.45, 2.75) is 6.92 Å². The lowest BCUT2D eigenvalue weighted by Gasteiger charge is -2.06. The summed E-state index contributed by atoms with van der Waals surface area (Å²) in [4.78, 5) is 27.2. The lowest BCUT2D eigenvalue weighted by Crippen LogP contribution is -2.15. The highest BCUT2D eigenvalue weighted by atomic mass is 32.1. The predicted molar refractivity (Wildman–Crippen MR) is 102 cm³/mol. The van der Waals surface area contributed by atoms with E-state index in [-0.39, 0.29) is 17.1 Å². The molecule has 2 heterocycles. The minimum Gasteiger partial charge on any atom is -0.306 e. The average molecular weight is 397 g/mol. The average Bonchev–Trinajstić information content (AvgIpc) is 3.24. The first-order valence-corrected chi connectivity index (χ1v) is 8.91. The molecule has 0 aliphatic heterocycles. The van der Waals surface area contributed by atoms with E-state index >= 15 is 0 Å². The van der Waals surface area contributed by atoms with E-state index in [0.717, 1.165) is 0 Å². The van der Waals surface area contributed by atoms with Crippen molar-refractivity contribution < 1.29 is 14.1 Å². The minimum absolute atomic E-state index is 0.0980. The Hall–Kier alpha value is -3.66. The topological polar surface area (TPSA) is 103 Å². The normalized spacial score (nSPS) is 10.9. The third-order valence-electron chi connectivity index (χ3n) is 3.93. The minimum atomic E-state index is -0.532. The Kier molecular flexibility index (Phi) is 4.32. The Balaban J connectivity index is 1.65. The second-order valence-electron chi connectivity index (χ2n) is 5.95. The van der Waals surface area contributed by atoms with Crippen molar-refractivity contribution in [1.82, 2.24) is 14.8 Å². The fourth-order valence-electron chi connectivity index (χ4n) is 2.63. The summed E-state index contributed by atoms with van der Waals surface area (Å²) in [5.74, 6) is -0.408. The van der Waals surface area contributed by atoms with Gasteiger partial charge in [0.2, 0.25) is 5.13 Å². The molecule has 10 heteroatoms. The molecule has 8 nitrogen and oxygen atoms in total. The third kappa shape index (κ3) is 3.32. The number of hydrogen-bond acceptors (Lipinski definition) is 6. The van der Waals surface area contributed by atoms with Gasteiger partial charge in [-0.2, -0.15) is 9.78 Å². The van der Waals surface area contributed by atoms with E-state index in [0.29, 0.717) is 26.9 Å². The molecule has 0 spiro atoms. The quantitative estimate of drug-likeness (QED) is 0.413. The monoisotopic (exact) mass is 397 g/mol. The van der Waals surface area contributed by atoms with Crippen molar-refractivity contribution in [3.8, 4) is 5.13 Å². The Morgan fingerprint density at radius 2 is 1.96 bits per heavy atom. The Morgan fingerprint density at radius 1 is 1.21 bits per heavy atom. The number of aryl methyl sites for hydroxylation is 1. The number of fused-ring (bicyclic) bond motifs is 1. The summed E-state index contributed by atoms with van der Waals surface area (Å²) in [6.07, 6.45) is 0. The van der Waals surface area contributed by atoms with Crippen LogP contribution in [0.3, 0.4) is 0 Å². The van der Waals surface area contributed by atoms with Crippen LogP contribution in [0, 0.1) is 22.9 Å². The highest BCUT2D eigenvalue weighted by Crippen LogP contribution is 2.28. The molecule has 4 aromatic rings. The Labute approximate surface area is 161 Å². The van der Waals surface area contributed by atoms with Gasteiger partial charge in [-0.05, 0) is 37.3 Å². The van der Waals surface area contributed by atoms with Gasteiger partial charge in [-0.15, -0.1) is 0 Å². The summed E-state index contributed by atoms with van der Waals surface area (Å²) in [5, 5.41) is 18.3. The summed E-state index contributed by atoms with van der Waals surface area (Å²) in [6, 6.07) is 11.3. The number of carbonyl (C=O) groups is 1. The summed E-state index contributed by atoms with van der Waals surface area (Å²) >= 11 is 1.24. The van der Waals surface area contributed by atoms with E-state index in [9.17, 15) is 19.3 Å². The van der Waals surface area contributed by atoms with Crippen molar-refractivity contribution in [3.05, 3.63) is 75.7 Å². The van der Waals surface area contributed by atoms with E-state index < -0.39 is 10.8 Å². The molecular formula is C18H12FN5O3S. The summed E-state index contributed by atoms with van der Waals surface area (Å²) in [7, 11) is 0. The molecule has 1 amide bonds. The van der Waals surface area contributed by atoms with E-state index in [2.05, 4.69) is 15.4 Å². The van der Waals surface area contributed by atoms with Crippen LogP contribution in [-0.4, -0.2) is 25.6 Å². The number of nitro benzene ring substituents is 1. The number of aromatic nitrogens is 3. The highest BCUT2D eigenvalue weighted by Gasteiger charge is 2.16. The van der Waals surface area contributed by atoms with Gasteiger partial charge in [-0.1, -0.05) is 11.3 Å². The largest absolute Gasteiger partial charge is 0.306 e. The van der Waals surface area contributed by atoms with Crippen LogP contribution in [0.5, 0.6) is 0 Å². The number of amides is 1. The van der Waals surface area contributed by atoms with E-state index in [4.69, 9.17) is 0 Å². The van der Waals surface area contributed by atoms with Crippen LogP contribution in [0.2, 0.25) is 0 Å². The molecule has 0 saturated heterocycles. The molecule has 0 unspecified atom stereocenters. The van der Waals surface area contributed by atoms with Crippen molar-refractivity contribution in [2.75, 3.05) is 5.32 Å². The fraction of sp³-hybridized carbons (Fsp3) is 0.0556. The molecule has 0 radical (unpaired) electrons. The van der Waals surface area contributed by atoms with Crippen molar-refractivity contribution in [1.29, 1.82) is 0 Å². The SMILES string of the molecule is Cc1cc(NC(=O)c2ccc([N+](=O)[O-])cc2)n(-c2nc3ccc(F)cc3s2)n1. The Morgan fingerprint density at radius 3 is 2.68 bits per heavy atom. The number of anilines is 1. The molecule has 2 aromatic heterocycles. The van der Waals surface area contributed by atoms with Gasteiger partial charge in [0.1, 0.15) is 11.6 Å². The number of carbonyl (C=O) groups excluding carboxylic acids is 1. The molecule has 0 atom stereocenters. The summed E-state index contributed by atoms with van der Waals surface area (Å²) in [5.41, 5.74) is 1.45. The van der Waals surface area contributed by atoms with Gasteiger partial charge < -0.3 is 5.32 Å². The molecular weight excluding hydrogens is 385 g/mol. The molecule has 0 saturated carbocycles. The number of rotatable bonds is 4. The van der Waals surface area contributed by atoms with Crippen molar-refractivity contribution >= 4 is 39.0 Å². The zero-order valence-corrected chi connectivity index (χ0v) is 15.2. The van der Waals surface area contributed by atoms with Crippen molar-refractivity contribution in [2.24, 2.45) is 0 Å².